The fourth-order valence-corrected chi connectivity index (χ4v) is 2.38. The van der Waals surface area contributed by atoms with Crippen LogP contribution in [0.1, 0.15) is 29.7 Å². The Morgan fingerprint density at radius 2 is 1.65 bits per heavy atom. The number of nitrogens with one attached hydrogen (secondary N) is 1. The van der Waals surface area contributed by atoms with E-state index in [1.54, 1.807) is 0 Å². The fourth-order valence-electron chi connectivity index (χ4n) is 2.38. The molecule has 20 heavy (non-hydrogen) atoms. The van der Waals surface area contributed by atoms with E-state index in [0.29, 0.717) is 0 Å². The van der Waals surface area contributed by atoms with Crippen molar-refractivity contribution in [1.82, 2.24) is 5.32 Å². The van der Waals surface area contributed by atoms with Crippen LogP contribution < -0.4 is 5.32 Å². The predicted molar refractivity (Wildman–Crippen MR) is 83.7 cm³/mol. The standard InChI is InChI=1S/C18H23NO/c1-14-8-10-17(11-9-14)15(2)19-18(13-20)12-16-6-4-3-5-7-16/h3-11,15,18-20H,12-13H2,1-2H3/t15?,18-/m0/s1. The van der Waals surface area contributed by atoms with Crippen LogP contribution in [0.3, 0.4) is 0 Å². The maximum Gasteiger partial charge on any atom is 0.0588 e. The molecule has 0 bridgehead atoms. The first-order valence-corrected chi connectivity index (χ1v) is 7.16. The molecule has 2 atom stereocenters. The molecule has 2 heteroatoms. The smallest absolute Gasteiger partial charge is 0.0588 e. The third kappa shape index (κ3) is 4.19. The van der Waals surface area contributed by atoms with E-state index >= 15 is 0 Å². The molecule has 2 aromatic rings. The lowest BCUT2D eigenvalue weighted by atomic mass is 10.0. The van der Waals surface area contributed by atoms with Crippen LogP contribution in [-0.2, 0) is 6.42 Å². The first kappa shape index (κ1) is 14.8. The third-order valence-corrected chi connectivity index (χ3v) is 3.61. The van der Waals surface area contributed by atoms with E-state index in [2.05, 4.69) is 55.6 Å². The number of benzene rings is 2. The fraction of sp³-hybridized carbons (Fsp3) is 0.333. The maximum atomic E-state index is 9.56. The normalized spacial score (nSPS) is 13.9. The van der Waals surface area contributed by atoms with E-state index in [4.69, 9.17) is 0 Å². The number of aliphatic hydroxyl groups excluding tert-OH is 1. The highest BCUT2D eigenvalue weighted by atomic mass is 16.3. The van der Waals surface area contributed by atoms with Gasteiger partial charge in [-0.2, -0.15) is 0 Å². The second-order valence-corrected chi connectivity index (χ2v) is 5.37. The maximum absolute atomic E-state index is 9.56. The molecule has 2 N–H and O–H groups in total. The van der Waals surface area contributed by atoms with Gasteiger partial charge in [0.1, 0.15) is 0 Å². The third-order valence-electron chi connectivity index (χ3n) is 3.61. The molecule has 0 aromatic heterocycles. The highest BCUT2D eigenvalue weighted by molar-refractivity contribution is 5.24. The van der Waals surface area contributed by atoms with E-state index in [1.165, 1.54) is 16.7 Å². The summed E-state index contributed by atoms with van der Waals surface area (Å²) in [6, 6.07) is 19.1. The molecule has 0 radical (unpaired) electrons. The minimum Gasteiger partial charge on any atom is -0.395 e. The summed E-state index contributed by atoms with van der Waals surface area (Å²) in [5.41, 5.74) is 3.77. The van der Waals surface area contributed by atoms with Crippen LogP contribution in [0.5, 0.6) is 0 Å². The topological polar surface area (TPSA) is 32.3 Å². The van der Waals surface area contributed by atoms with E-state index in [-0.39, 0.29) is 18.7 Å². The molecular formula is C18H23NO. The van der Waals surface area contributed by atoms with Gasteiger partial charge in [0.25, 0.3) is 0 Å². The van der Waals surface area contributed by atoms with Crippen LogP contribution in [0.25, 0.3) is 0 Å². The van der Waals surface area contributed by atoms with E-state index in [1.807, 2.05) is 18.2 Å². The van der Waals surface area contributed by atoms with Crippen molar-refractivity contribution < 1.29 is 5.11 Å². The summed E-state index contributed by atoms with van der Waals surface area (Å²) in [7, 11) is 0. The molecule has 0 fully saturated rings. The zero-order chi connectivity index (χ0) is 14.4. The van der Waals surface area contributed by atoms with Crippen molar-refractivity contribution in [2.75, 3.05) is 6.61 Å². The van der Waals surface area contributed by atoms with Gasteiger partial charge in [-0.05, 0) is 31.4 Å². The zero-order valence-corrected chi connectivity index (χ0v) is 12.2. The molecule has 0 amide bonds. The van der Waals surface area contributed by atoms with Crippen molar-refractivity contribution in [2.45, 2.75) is 32.4 Å². The predicted octanol–water partition coefficient (Wildman–Crippen LogP) is 3.25. The summed E-state index contributed by atoms with van der Waals surface area (Å²) < 4.78 is 0. The quantitative estimate of drug-likeness (QED) is 0.843. The van der Waals surface area contributed by atoms with Crippen molar-refractivity contribution in [3.05, 3.63) is 71.3 Å². The Kier molecular flexibility index (Phi) is 5.33. The molecule has 0 saturated carbocycles. The van der Waals surface area contributed by atoms with Crippen LogP contribution in [0.4, 0.5) is 0 Å². The molecule has 0 aliphatic heterocycles. The average molecular weight is 269 g/mol. The number of aliphatic hydroxyl groups is 1. The summed E-state index contributed by atoms with van der Waals surface area (Å²) in [6.07, 6.45) is 0.841. The van der Waals surface area contributed by atoms with Crippen molar-refractivity contribution >= 4 is 0 Å². The molecule has 0 aliphatic rings. The highest BCUT2D eigenvalue weighted by Gasteiger charge is 2.13. The number of rotatable bonds is 6. The van der Waals surface area contributed by atoms with Crippen molar-refractivity contribution in [2.24, 2.45) is 0 Å². The van der Waals surface area contributed by atoms with Crippen molar-refractivity contribution in [1.29, 1.82) is 0 Å². The van der Waals surface area contributed by atoms with Gasteiger partial charge in [-0.3, -0.25) is 0 Å². The molecule has 2 nitrogen and oxygen atoms in total. The molecule has 0 spiro atoms. The first-order chi connectivity index (χ1) is 9.69. The van der Waals surface area contributed by atoms with Crippen LogP contribution in [-0.4, -0.2) is 17.8 Å². The Morgan fingerprint density at radius 3 is 2.25 bits per heavy atom. The van der Waals surface area contributed by atoms with Crippen LogP contribution in [0, 0.1) is 6.92 Å². The molecule has 106 valence electrons. The second-order valence-electron chi connectivity index (χ2n) is 5.37. The minimum atomic E-state index is 0.0775. The summed E-state index contributed by atoms with van der Waals surface area (Å²) in [6.45, 7) is 4.37. The molecule has 0 heterocycles. The molecular weight excluding hydrogens is 246 g/mol. The molecule has 0 aliphatic carbocycles. The molecule has 2 aromatic carbocycles. The lowest BCUT2D eigenvalue weighted by Gasteiger charge is -2.22. The summed E-state index contributed by atoms with van der Waals surface area (Å²) in [4.78, 5) is 0. The number of aryl methyl sites for hydroxylation is 1. The SMILES string of the molecule is Cc1ccc(C(C)N[C@H](CO)Cc2ccccc2)cc1. The van der Waals surface area contributed by atoms with Crippen LogP contribution in [0.15, 0.2) is 54.6 Å². The lowest BCUT2D eigenvalue weighted by molar-refractivity contribution is 0.232. The zero-order valence-electron chi connectivity index (χ0n) is 12.2. The Hall–Kier alpha value is -1.64. The monoisotopic (exact) mass is 269 g/mol. The largest absolute Gasteiger partial charge is 0.395 e. The van der Waals surface area contributed by atoms with Gasteiger partial charge in [-0.1, -0.05) is 60.2 Å². The Bertz CT molecular complexity index is 507. The summed E-state index contributed by atoms with van der Waals surface area (Å²) in [5.74, 6) is 0. The van der Waals surface area contributed by atoms with Crippen LogP contribution >= 0.6 is 0 Å². The van der Waals surface area contributed by atoms with Crippen molar-refractivity contribution in [3.8, 4) is 0 Å². The van der Waals surface area contributed by atoms with Gasteiger partial charge in [-0.25, -0.2) is 0 Å². The lowest BCUT2D eigenvalue weighted by Crippen LogP contribution is -2.36. The minimum absolute atomic E-state index is 0.0775. The van der Waals surface area contributed by atoms with Crippen LogP contribution in [0.2, 0.25) is 0 Å². The second kappa shape index (κ2) is 7.22. The van der Waals surface area contributed by atoms with E-state index in [9.17, 15) is 5.11 Å². The Balaban J connectivity index is 1.97. The van der Waals surface area contributed by atoms with Gasteiger partial charge in [0, 0.05) is 12.1 Å². The number of hydrogen-bond donors (Lipinski definition) is 2. The first-order valence-electron chi connectivity index (χ1n) is 7.16. The average Bonchev–Trinajstić information content (AvgIpc) is 2.48. The van der Waals surface area contributed by atoms with Crippen molar-refractivity contribution in [3.63, 3.8) is 0 Å². The molecule has 1 unspecified atom stereocenters. The summed E-state index contributed by atoms with van der Waals surface area (Å²) in [5, 5.41) is 13.1. The van der Waals surface area contributed by atoms with Gasteiger partial charge in [0.15, 0.2) is 0 Å². The van der Waals surface area contributed by atoms with Gasteiger partial charge in [0.2, 0.25) is 0 Å². The number of hydrogen-bond acceptors (Lipinski definition) is 2. The molecule has 0 saturated heterocycles. The van der Waals surface area contributed by atoms with E-state index < -0.39 is 0 Å². The Morgan fingerprint density at radius 1 is 1.00 bits per heavy atom. The van der Waals surface area contributed by atoms with Gasteiger partial charge in [0.05, 0.1) is 6.61 Å². The summed E-state index contributed by atoms with van der Waals surface area (Å²) >= 11 is 0. The Labute approximate surface area is 121 Å². The molecule has 2 rings (SSSR count). The van der Waals surface area contributed by atoms with E-state index in [0.717, 1.165) is 6.42 Å². The van der Waals surface area contributed by atoms with Gasteiger partial charge in [-0.15, -0.1) is 0 Å². The van der Waals surface area contributed by atoms with Gasteiger partial charge < -0.3 is 10.4 Å². The van der Waals surface area contributed by atoms with Gasteiger partial charge >= 0.3 is 0 Å². The highest BCUT2D eigenvalue weighted by Crippen LogP contribution is 2.15.